The van der Waals surface area contributed by atoms with Gasteiger partial charge in [-0.2, -0.15) is 0 Å². The van der Waals surface area contributed by atoms with Crippen LogP contribution in [0.3, 0.4) is 0 Å². The van der Waals surface area contributed by atoms with Crippen molar-refractivity contribution in [2.24, 2.45) is 0 Å². The summed E-state index contributed by atoms with van der Waals surface area (Å²) in [6, 6.07) is 8.67. The van der Waals surface area contributed by atoms with Crippen molar-refractivity contribution in [1.82, 2.24) is 0 Å². The van der Waals surface area contributed by atoms with E-state index >= 15 is 0 Å². The van der Waals surface area contributed by atoms with Gasteiger partial charge >= 0.3 is 0 Å². The molecule has 0 radical (unpaired) electrons. The van der Waals surface area contributed by atoms with Crippen molar-refractivity contribution in [3.8, 4) is 0 Å². The lowest BCUT2D eigenvalue weighted by atomic mass is 9.83. The Morgan fingerprint density at radius 2 is 1.90 bits per heavy atom. The quantitative estimate of drug-likeness (QED) is 0.812. The lowest BCUT2D eigenvalue weighted by Gasteiger charge is -2.33. The first kappa shape index (κ1) is 14.3. The topological polar surface area (TPSA) is 21.3 Å². The van der Waals surface area contributed by atoms with Crippen molar-refractivity contribution < 1.29 is 4.74 Å². The van der Waals surface area contributed by atoms with Crippen LogP contribution in [0, 0.1) is 0 Å². The van der Waals surface area contributed by atoms with E-state index in [0.717, 1.165) is 6.54 Å². The summed E-state index contributed by atoms with van der Waals surface area (Å²) in [4.78, 5) is 1.31. The van der Waals surface area contributed by atoms with Crippen LogP contribution in [0.2, 0.25) is 0 Å². The molecule has 20 heavy (non-hydrogen) atoms. The Bertz CT molecular complexity index is 425. The van der Waals surface area contributed by atoms with Crippen LogP contribution in [-0.2, 0) is 4.74 Å². The van der Waals surface area contributed by atoms with Gasteiger partial charge in [0.05, 0.1) is 11.7 Å². The van der Waals surface area contributed by atoms with Crippen LogP contribution in [0.1, 0.15) is 44.9 Å². The van der Waals surface area contributed by atoms with Gasteiger partial charge in [0.2, 0.25) is 0 Å². The Morgan fingerprint density at radius 3 is 2.60 bits per heavy atom. The molecule has 0 amide bonds. The van der Waals surface area contributed by atoms with Crippen LogP contribution in [0.25, 0.3) is 0 Å². The zero-order chi connectivity index (χ0) is 13.8. The molecule has 1 aromatic carbocycles. The van der Waals surface area contributed by atoms with E-state index in [2.05, 4.69) is 35.8 Å². The largest absolute Gasteiger partial charge is 0.382 e. The fraction of sp³-hybridized carbons (Fsp3) is 0.647. The van der Waals surface area contributed by atoms with E-state index in [4.69, 9.17) is 4.74 Å². The highest BCUT2D eigenvalue weighted by molar-refractivity contribution is 7.98. The van der Waals surface area contributed by atoms with E-state index in [0.29, 0.717) is 6.10 Å². The zero-order valence-electron chi connectivity index (χ0n) is 12.4. The molecule has 1 saturated carbocycles. The highest BCUT2D eigenvalue weighted by Gasteiger charge is 2.40. The Hall–Kier alpha value is -0.670. The molecule has 0 bridgehead atoms. The Kier molecular flexibility index (Phi) is 4.57. The molecule has 1 aromatic rings. The molecular weight excluding hydrogens is 266 g/mol. The summed E-state index contributed by atoms with van der Waals surface area (Å²) in [6.07, 6.45) is 11.7. The van der Waals surface area contributed by atoms with Gasteiger partial charge in [0.1, 0.15) is 0 Å². The van der Waals surface area contributed by atoms with E-state index in [1.807, 2.05) is 0 Å². The fourth-order valence-corrected chi connectivity index (χ4v) is 3.95. The molecule has 110 valence electrons. The third-order valence-corrected chi connectivity index (χ3v) is 5.47. The van der Waals surface area contributed by atoms with Gasteiger partial charge in [-0.3, -0.25) is 0 Å². The first-order chi connectivity index (χ1) is 9.80. The summed E-state index contributed by atoms with van der Waals surface area (Å²) in [5.41, 5.74) is 1.45. The van der Waals surface area contributed by atoms with E-state index < -0.39 is 0 Å². The minimum atomic E-state index is 0.243. The molecule has 2 fully saturated rings. The minimum Gasteiger partial charge on any atom is -0.382 e. The van der Waals surface area contributed by atoms with Gasteiger partial charge in [-0.25, -0.2) is 0 Å². The SMILES string of the molecule is CSc1ccc(NCC2CCC3(CCCCC3)O2)cc1. The number of anilines is 1. The highest BCUT2D eigenvalue weighted by Crippen LogP contribution is 2.41. The highest BCUT2D eigenvalue weighted by atomic mass is 32.2. The second kappa shape index (κ2) is 6.40. The second-order valence-corrected chi connectivity index (χ2v) is 7.01. The van der Waals surface area contributed by atoms with E-state index in [1.54, 1.807) is 11.8 Å². The van der Waals surface area contributed by atoms with Crippen molar-refractivity contribution >= 4 is 17.4 Å². The van der Waals surface area contributed by atoms with Gasteiger partial charge in [0.25, 0.3) is 0 Å². The molecule has 2 nitrogen and oxygen atoms in total. The molecule has 3 heteroatoms. The smallest absolute Gasteiger partial charge is 0.0756 e. The first-order valence-electron chi connectivity index (χ1n) is 7.85. The number of rotatable bonds is 4. The van der Waals surface area contributed by atoms with Crippen LogP contribution in [0.4, 0.5) is 5.69 Å². The Balaban J connectivity index is 1.49. The molecule has 1 heterocycles. The standard InChI is InChI=1S/C17H25NOS/c1-20-16-7-5-14(6-8-16)18-13-15-9-12-17(19-15)10-3-2-4-11-17/h5-8,15,18H,2-4,9-13H2,1H3. The Labute approximate surface area is 126 Å². The first-order valence-corrected chi connectivity index (χ1v) is 9.08. The maximum Gasteiger partial charge on any atom is 0.0756 e. The van der Waals surface area contributed by atoms with E-state index in [1.165, 1.54) is 55.5 Å². The number of hydrogen-bond donors (Lipinski definition) is 1. The van der Waals surface area contributed by atoms with E-state index in [9.17, 15) is 0 Å². The average Bonchev–Trinajstić information content (AvgIpc) is 2.89. The second-order valence-electron chi connectivity index (χ2n) is 6.13. The van der Waals surface area contributed by atoms with Crippen molar-refractivity contribution in [1.29, 1.82) is 0 Å². The number of nitrogens with one attached hydrogen (secondary N) is 1. The van der Waals surface area contributed by atoms with Gasteiger partial charge in [0.15, 0.2) is 0 Å². The number of ether oxygens (including phenoxy) is 1. The van der Waals surface area contributed by atoms with Crippen LogP contribution in [0.15, 0.2) is 29.2 Å². The van der Waals surface area contributed by atoms with Gasteiger partial charge in [-0.15, -0.1) is 11.8 Å². The lowest BCUT2D eigenvalue weighted by molar-refractivity contribution is -0.0588. The summed E-state index contributed by atoms with van der Waals surface area (Å²) in [5.74, 6) is 0. The number of thioether (sulfide) groups is 1. The summed E-state index contributed by atoms with van der Waals surface area (Å²) >= 11 is 1.78. The van der Waals surface area contributed by atoms with Gasteiger partial charge in [-0.1, -0.05) is 19.3 Å². The molecule has 1 aliphatic carbocycles. The molecule has 0 aromatic heterocycles. The Morgan fingerprint density at radius 1 is 1.15 bits per heavy atom. The third-order valence-electron chi connectivity index (χ3n) is 4.73. The molecule has 1 aliphatic heterocycles. The molecule has 2 aliphatic rings. The molecule has 3 rings (SSSR count). The van der Waals surface area contributed by atoms with Gasteiger partial charge in [0, 0.05) is 17.1 Å². The van der Waals surface area contributed by atoms with Crippen LogP contribution in [0.5, 0.6) is 0 Å². The monoisotopic (exact) mass is 291 g/mol. The molecule has 1 unspecified atom stereocenters. The summed E-state index contributed by atoms with van der Waals surface area (Å²) in [6.45, 7) is 0.945. The molecule has 1 atom stereocenters. The maximum atomic E-state index is 6.39. The van der Waals surface area contributed by atoms with Crippen LogP contribution >= 0.6 is 11.8 Å². The lowest BCUT2D eigenvalue weighted by Crippen LogP contribution is -2.33. The zero-order valence-corrected chi connectivity index (χ0v) is 13.2. The summed E-state index contributed by atoms with van der Waals surface area (Å²) < 4.78 is 6.39. The van der Waals surface area contributed by atoms with Crippen molar-refractivity contribution in [2.75, 3.05) is 18.1 Å². The minimum absolute atomic E-state index is 0.243. The van der Waals surface area contributed by atoms with Gasteiger partial charge < -0.3 is 10.1 Å². The van der Waals surface area contributed by atoms with Crippen molar-refractivity contribution in [2.45, 2.75) is 61.5 Å². The third kappa shape index (κ3) is 3.32. The number of hydrogen-bond acceptors (Lipinski definition) is 3. The molecule has 1 N–H and O–H groups in total. The molecule has 1 saturated heterocycles. The van der Waals surface area contributed by atoms with Crippen molar-refractivity contribution in [3.63, 3.8) is 0 Å². The maximum absolute atomic E-state index is 6.39. The molecule has 1 spiro atoms. The summed E-state index contributed by atoms with van der Waals surface area (Å²) in [5, 5.41) is 3.53. The fourth-order valence-electron chi connectivity index (χ4n) is 3.54. The predicted octanol–water partition coefficient (Wildman–Crippen LogP) is 4.70. The number of benzene rings is 1. The normalized spacial score (nSPS) is 24.9. The predicted molar refractivity (Wildman–Crippen MR) is 86.6 cm³/mol. The van der Waals surface area contributed by atoms with Crippen molar-refractivity contribution in [3.05, 3.63) is 24.3 Å². The van der Waals surface area contributed by atoms with E-state index in [-0.39, 0.29) is 5.60 Å². The molecular formula is C17H25NOS. The average molecular weight is 291 g/mol. The van der Waals surface area contributed by atoms with Gasteiger partial charge in [-0.05, 0) is 56.2 Å². The van der Waals surface area contributed by atoms with Crippen LogP contribution < -0.4 is 5.32 Å². The summed E-state index contributed by atoms with van der Waals surface area (Å²) in [7, 11) is 0. The van der Waals surface area contributed by atoms with Crippen LogP contribution in [-0.4, -0.2) is 24.5 Å².